The van der Waals surface area contributed by atoms with Crippen LogP contribution in [0.4, 0.5) is 0 Å². The molecule has 20 heavy (non-hydrogen) atoms. The first-order valence-corrected chi connectivity index (χ1v) is 6.99. The van der Waals surface area contributed by atoms with Crippen molar-refractivity contribution in [2.75, 3.05) is 0 Å². The molecule has 0 saturated carbocycles. The van der Waals surface area contributed by atoms with Gasteiger partial charge in [-0.1, -0.05) is 44.5 Å². The summed E-state index contributed by atoms with van der Waals surface area (Å²) in [5.41, 5.74) is 5.03. The highest BCUT2D eigenvalue weighted by Crippen LogP contribution is 2.32. The van der Waals surface area contributed by atoms with Crippen molar-refractivity contribution in [1.29, 1.82) is 0 Å². The minimum absolute atomic E-state index is 0.0871. The Balaban J connectivity index is 2.51. The first kappa shape index (κ1) is 14.8. The zero-order valence-corrected chi connectivity index (χ0v) is 13.2. The first-order chi connectivity index (χ1) is 9.20. The summed E-state index contributed by atoms with van der Waals surface area (Å²) in [6.07, 6.45) is 1.29. The van der Waals surface area contributed by atoms with Crippen LogP contribution in [0.25, 0.3) is 0 Å². The predicted octanol–water partition coefficient (Wildman–Crippen LogP) is 3.42. The minimum Gasteiger partial charge on any atom is -0.384 e. The second-order valence-electron chi connectivity index (χ2n) is 6.62. The fourth-order valence-electron chi connectivity index (χ4n) is 2.59. The third kappa shape index (κ3) is 2.78. The van der Waals surface area contributed by atoms with Crippen molar-refractivity contribution < 1.29 is 5.11 Å². The Bertz CT molecular complexity index is 620. The van der Waals surface area contributed by atoms with Gasteiger partial charge in [-0.2, -0.15) is 5.10 Å². The number of aryl methyl sites for hydroxylation is 3. The number of hydrogen-bond donors (Lipinski definition) is 1. The molecule has 0 saturated heterocycles. The largest absolute Gasteiger partial charge is 0.384 e. The van der Waals surface area contributed by atoms with Crippen LogP contribution in [0.3, 0.4) is 0 Å². The quantitative estimate of drug-likeness (QED) is 0.909. The van der Waals surface area contributed by atoms with E-state index in [9.17, 15) is 5.11 Å². The number of rotatable bonds is 2. The average molecular weight is 272 g/mol. The highest BCUT2D eigenvalue weighted by Gasteiger charge is 2.27. The minimum atomic E-state index is -0.626. The molecule has 2 rings (SSSR count). The van der Waals surface area contributed by atoms with E-state index in [1.807, 2.05) is 32.3 Å². The average Bonchev–Trinajstić information content (AvgIpc) is 2.70. The van der Waals surface area contributed by atoms with Gasteiger partial charge in [0.1, 0.15) is 6.10 Å². The molecule has 1 heterocycles. The van der Waals surface area contributed by atoms with E-state index in [0.717, 1.165) is 22.4 Å². The number of aliphatic hydroxyl groups is 1. The molecule has 1 aromatic heterocycles. The fourth-order valence-corrected chi connectivity index (χ4v) is 2.59. The molecule has 0 radical (unpaired) electrons. The predicted molar refractivity (Wildman–Crippen MR) is 81.9 cm³/mol. The van der Waals surface area contributed by atoms with Gasteiger partial charge in [0, 0.05) is 24.2 Å². The molecule has 0 fully saturated rings. The summed E-state index contributed by atoms with van der Waals surface area (Å²) in [7, 11) is 1.90. The fraction of sp³-hybridized carbons (Fsp3) is 0.471. The molecular formula is C17H24N2O. The number of hydrogen-bond acceptors (Lipinski definition) is 2. The lowest BCUT2D eigenvalue weighted by Crippen LogP contribution is -2.17. The summed E-state index contributed by atoms with van der Waals surface area (Å²) < 4.78 is 1.78. The highest BCUT2D eigenvalue weighted by atomic mass is 16.3. The molecule has 108 valence electrons. The molecule has 0 amide bonds. The molecule has 0 aliphatic heterocycles. The lowest BCUT2D eigenvalue weighted by atomic mass is 9.86. The van der Waals surface area contributed by atoms with Crippen LogP contribution in [0.5, 0.6) is 0 Å². The Kier molecular flexibility index (Phi) is 3.74. The Labute approximate surface area is 121 Å². The summed E-state index contributed by atoms with van der Waals surface area (Å²) >= 11 is 0. The van der Waals surface area contributed by atoms with E-state index in [1.165, 1.54) is 5.56 Å². The normalized spacial score (nSPS) is 13.6. The number of nitrogens with zero attached hydrogens (tertiary/aromatic N) is 2. The first-order valence-electron chi connectivity index (χ1n) is 6.99. The van der Waals surface area contributed by atoms with Crippen LogP contribution in [-0.4, -0.2) is 14.9 Å². The van der Waals surface area contributed by atoms with Crippen LogP contribution < -0.4 is 0 Å². The molecule has 1 aromatic carbocycles. The summed E-state index contributed by atoms with van der Waals surface area (Å²) in [4.78, 5) is 0. The Morgan fingerprint density at radius 3 is 2.35 bits per heavy atom. The maximum atomic E-state index is 10.8. The number of aliphatic hydroxyl groups excluding tert-OH is 1. The molecule has 1 N–H and O–H groups in total. The molecule has 3 heteroatoms. The van der Waals surface area contributed by atoms with Crippen LogP contribution in [0.2, 0.25) is 0 Å². The Hall–Kier alpha value is -1.61. The maximum Gasteiger partial charge on any atom is 0.108 e. The third-order valence-corrected chi connectivity index (χ3v) is 3.58. The van der Waals surface area contributed by atoms with E-state index in [-0.39, 0.29) is 5.41 Å². The summed E-state index contributed by atoms with van der Waals surface area (Å²) in [5.74, 6) is 0. The van der Waals surface area contributed by atoms with E-state index in [0.29, 0.717) is 0 Å². The monoisotopic (exact) mass is 272 g/mol. The zero-order chi connectivity index (χ0) is 15.1. The highest BCUT2D eigenvalue weighted by molar-refractivity contribution is 5.39. The molecule has 0 aliphatic carbocycles. The van der Waals surface area contributed by atoms with E-state index in [1.54, 1.807) is 4.68 Å². The molecule has 0 spiro atoms. The second-order valence-corrected chi connectivity index (χ2v) is 6.62. The molecule has 0 aliphatic rings. The van der Waals surface area contributed by atoms with Gasteiger partial charge in [-0.25, -0.2) is 0 Å². The van der Waals surface area contributed by atoms with Gasteiger partial charge in [0.05, 0.1) is 5.69 Å². The number of aromatic nitrogens is 2. The van der Waals surface area contributed by atoms with Gasteiger partial charge in [-0.15, -0.1) is 0 Å². The van der Waals surface area contributed by atoms with Crippen LogP contribution in [0.15, 0.2) is 24.4 Å². The van der Waals surface area contributed by atoms with Gasteiger partial charge in [0.2, 0.25) is 0 Å². The van der Waals surface area contributed by atoms with Gasteiger partial charge in [-0.3, -0.25) is 4.68 Å². The summed E-state index contributed by atoms with van der Waals surface area (Å²) in [6, 6.07) is 6.15. The van der Waals surface area contributed by atoms with Crippen molar-refractivity contribution >= 4 is 0 Å². The molecule has 1 atom stereocenters. The van der Waals surface area contributed by atoms with E-state index in [4.69, 9.17) is 0 Å². The second kappa shape index (κ2) is 5.06. The third-order valence-electron chi connectivity index (χ3n) is 3.58. The van der Waals surface area contributed by atoms with Gasteiger partial charge in [0.15, 0.2) is 0 Å². The SMILES string of the molecule is Cc1ccc(C(O)c2cn(C)nc2C(C)(C)C)c(C)c1. The van der Waals surface area contributed by atoms with Crippen molar-refractivity contribution in [3.05, 3.63) is 52.3 Å². The van der Waals surface area contributed by atoms with Crippen molar-refractivity contribution in [2.24, 2.45) is 7.05 Å². The van der Waals surface area contributed by atoms with Crippen molar-refractivity contribution in [1.82, 2.24) is 9.78 Å². The van der Waals surface area contributed by atoms with Crippen LogP contribution in [0.1, 0.15) is 54.8 Å². The van der Waals surface area contributed by atoms with Crippen LogP contribution in [0, 0.1) is 13.8 Å². The topological polar surface area (TPSA) is 38.0 Å². The van der Waals surface area contributed by atoms with Crippen molar-refractivity contribution in [2.45, 2.75) is 46.1 Å². The van der Waals surface area contributed by atoms with E-state index < -0.39 is 6.10 Å². The van der Waals surface area contributed by atoms with Gasteiger partial charge in [0.25, 0.3) is 0 Å². The lowest BCUT2D eigenvalue weighted by Gasteiger charge is -2.21. The van der Waals surface area contributed by atoms with Gasteiger partial charge >= 0.3 is 0 Å². The van der Waals surface area contributed by atoms with Crippen molar-refractivity contribution in [3.63, 3.8) is 0 Å². The lowest BCUT2D eigenvalue weighted by molar-refractivity contribution is 0.216. The summed E-state index contributed by atoms with van der Waals surface area (Å²) in [5, 5.41) is 15.3. The molecule has 0 bridgehead atoms. The maximum absolute atomic E-state index is 10.8. The molecule has 1 unspecified atom stereocenters. The van der Waals surface area contributed by atoms with Gasteiger partial charge in [-0.05, 0) is 25.0 Å². The van der Waals surface area contributed by atoms with Crippen LogP contribution >= 0.6 is 0 Å². The Morgan fingerprint density at radius 1 is 1.15 bits per heavy atom. The van der Waals surface area contributed by atoms with Gasteiger partial charge < -0.3 is 5.11 Å². The Morgan fingerprint density at radius 2 is 1.80 bits per heavy atom. The summed E-state index contributed by atoms with van der Waals surface area (Å²) in [6.45, 7) is 10.5. The standard InChI is InChI=1S/C17H24N2O/c1-11-7-8-13(12(2)9-11)15(20)14-10-19(6)18-16(14)17(3,4)5/h7-10,15,20H,1-6H3. The zero-order valence-electron chi connectivity index (χ0n) is 13.2. The smallest absolute Gasteiger partial charge is 0.108 e. The molecule has 2 aromatic rings. The van der Waals surface area contributed by atoms with Crippen LogP contribution in [-0.2, 0) is 12.5 Å². The van der Waals surface area contributed by atoms with E-state index >= 15 is 0 Å². The number of benzene rings is 1. The van der Waals surface area contributed by atoms with E-state index in [2.05, 4.69) is 38.9 Å². The van der Waals surface area contributed by atoms with Crippen molar-refractivity contribution in [3.8, 4) is 0 Å². The molecule has 3 nitrogen and oxygen atoms in total. The molecular weight excluding hydrogens is 248 g/mol.